The lowest BCUT2D eigenvalue weighted by atomic mass is 10.0. The molecule has 1 saturated heterocycles. The zero-order chi connectivity index (χ0) is 16.7. The molecule has 3 atom stereocenters. The molecule has 126 valence electrons. The highest BCUT2D eigenvalue weighted by atomic mass is 32.1. The number of nitrogens with one attached hydrogen (secondary N) is 1. The molecule has 4 rings (SSSR count). The van der Waals surface area contributed by atoms with Crippen LogP contribution in [-0.4, -0.2) is 38.7 Å². The van der Waals surface area contributed by atoms with Crippen molar-refractivity contribution in [2.24, 2.45) is 13.0 Å². The van der Waals surface area contributed by atoms with Crippen LogP contribution in [0.2, 0.25) is 0 Å². The molecule has 24 heavy (non-hydrogen) atoms. The van der Waals surface area contributed by atoms with Crippen LogP contribution in [0, 0.1) is 5.92 Å². The lowest BCUT2D eigenvalue weighted by Gasteiger charge is -2.21. The van der Waals surface area contributed by atoms with Crippen molar-refractivity contribution < 1.29 is 9.84 Å². The van der Waals surface area contributed by atoms with Gasteiger partial charge in [0, 0.05) is 36.7 Å². The minimum Gasteiger partial charge on any atom is -0.490 e. The van der Waals surface area contributed by atoms with Gasteiger partial charge in [0.15, 0.2) is 0 Å². The number of rotatable bonds is 4. The molecule has 7 heteroatoms. The normalized spacial score (nSPS) is 22.1. The van der Waals surface area contributed by atoms with Gasteiger partial charge in [-0.05, 0) is 25.5 Å². The highest BCUT2D eigenvalue weighted by Crippen LogP contribution is 2.33. The number of hydrogen-bond donors (Lipinski definition) is 2. The average Bonchev–Trinajstić information content (AvgIpc) is 3.26. The number of benzene rings is 1. The fourth-order valence-corrected chi connectivity index (χ4v) is 3.77. The van der Waals surface area contributed by atoms with E-state index < -0.39 is 6.23 Å². The van der Waals surface area contributed by atoms with Crippen LogP contribution in [0.4, 0.5) is 0 Å². The number of nitrogens with zero attached hydrogens (tertiary/aromatic N) is 3. The third-order valence-electron chi connectivity index (χ3n) is 4.55. The van der Waals surface area contributed by atoms with Gasteiger partial charge in [0.25, 0.3) is 0 Å². The lowest BCUT2D eigenvalue weighted by molar-refractivity contribution is 0.128. The lowest BCUT2D eigenvalue weighted by Crippen LogP contribution is -2.25. The molecule has 0 aliphatic carbocycles. The van der Waals surface area contributed by atoms with Crippen molar-refractivity contribution in [1.82, 2.24) is 20.1 Å². The Morgan fingerprint density at radius 1 is 1.46 bits per heavy atom. The number of hydrogen-bond acceptors (Lipinski definition) is 6. The molecule has 1 aliphatic rings. The van der Waals surface area contributed by atoms with E-state index in [1.807, 2.05) is 36.3 Å². The van der Waals surface area contributed by atoms with E-state index in [9.17, 15) is 5.11 Å². The Hall–Kier alpha value is -1.96. The van der Waals surface area contributed by atoms with E-state index in [4.69, 9.17) is 4.74 Å². The van der Waals surface area contributed by atoms with E-state index >= 15 is 0 Å². The van der Waals surface area contributed by atoms with Crippen molar-refractivity contribution in [2.45, 2.75) is 25.7 Å². The number of fused-ring (bicyclic) bond motifs is 1. The minimum atomic E-state index is -0.430. The van der Waals surface area contributed by atoms with Crippen LogP contribution >= 0.6 is 11.3 Å². The van der Waals surface area contributed by atoms with Gasteiger partial charge in [-0.25, -0.2) is 4.98 Å². The summed E-state index contributed by atoms with van der Waals surface area (Å²) < 4.78 is 8.08. The van der Waals surface area contributed by atoms with Crippen molar-refractivity contribution in [3.8, 4) is 17.0 Å². The van der Waals surface area contributed by atoms with Gasteiger partial charge in [-0.3, -0.25) is 10.00 Å². The number of aliphatic hydroxyl groups excluding tert-OH is 1. The number of aliphatic hydroxyl groups is 1. The second-order valence-corrected chi connectivity index (χ2v) is 7.05. The van der Waals surface area contributed by atoms with Crippen LogP contribution in [0.3, 0.4) is 0 Å². The largest absolute Gasteiger partial charge is 0.490 e. The summed E-state index contributed by atoms with van der Waals surface area (Å²) in [4.78, 5) is 4.39. The Morgan fingerprint density at radius 2 is 2.33 bits per heavy atom. The van der Waals surface area contributed by atoms with Crippen molar-refractivity contribution in [2.75, 3.05) is 6.54 Å². The van der Waals surface area contributed by atoms with E-state index in [1.165, 1.54) is 0 Å². The second-order valence-electron chi connectivity index (χ2n) is 6.33. The summed E-state index contributed by atoms with van der Waals surface area (Å²) in [6, 6.07) is 4.08. The average molecular weight is 344 g/mol. The second kappa shape index (κ2) is 6.16. The molecule has 1 aromatic carbocycles. The van der Waals surface area contributed by atoms with E-state index in [2.05, 4.69) is 22.3 Å². The predicted octanol–water partition coefficient (Wildman–Crippen LogP) is 2.39. The zero-order valence-corrected chi connectivity index (χ0v) is 14.5. The van der Waals surface area contributed by atoms with Gasteiger partial charge in [0.1, 0.15) is 18.1 Å². The van der Waals surface area contributed by atoms with Crippen LogP contribution < -0.4 is 10.1 Å². The van der Waals surface area contributed by atoms with Gasteiger partial charge >= 0.3 is 0 Å². The molecular formula is C17H20N4O2S. The van der Waals surface area contributed by atoms with Gasteiger partial charge in [0.05, 0.1) is 22.1 Å². The van der Waals surface area contributed by atoms with Gasteiger partial charge in [-0.1, -0.05) is 0 Å². The van der Waals surface area contributed by atoms with Crippen LogP contribution in [0.5, 0.6) is 5.75 Å². The van der Waals surface area contributed by atoms with Crippen LogP contribution in [0.25, 0.3) is 22.2 Å². The molecule has 0 radical (unpaired) electrons. The first-order valence-corrected chi connectivity index (χ1v) is 8.98. The number of thiazole rings is 1. The Kier molecular flexibility index (Phi) is 3.99. The van der Waals surface area contributed by atoms with Crippen LogP contribution in [0.15, 0.2) is 29.2 Å². The summed E-state index contributed by atoms with van der Waals surface area (Å²) in [5, 5.41) is 20.3. The highest BCUT2D eigenvalue weighted by molar-refractivity contribution is 7.07. The molecule has 0 saturated carbocycles. The monoisotopic (exact) mass is 344 g/mol. The third-order valence-corrected chi connectivity index (χ3v) is 5.13. The standard InChI is InChI=1S/C17H20N4O2S/c1-10(12-5-17(22)18-6-12)23-16-4-11(15-8-24-9-19-15)3-14-13(16)7-21(2)20-14/h3-4,7-10,12,17-18,22H,5-6H2,1-2H3/t10-,12-,17?/m1/s1. The smallest absolute Gasteiger partial charge is 0.131 e. The molecule has 0 bridgehead atoms. The van der Waals surface area contributed by atoms with Gasteiger partial charge < -0.3 is 9.84 Å². The molecule has 0 spiro atoms. The fourth-order valence-electron chi connectivity index (χ4n) is 3.21. The van der Waals surface area contributed by atoms with Crippen LogP contribution in [0.1, 0.15) is 13.3 Å². The molecule has 1 fully saturated rings. The SMILES string of the molecule is C[C@@H](Oc1cc(-c2cscn2)cc2nn(C)cc12)[C@H]1CNC(O)C1. The Morgan fingerprint density at radius 3 is 3.04 bits per heavy atom. The zero-order valence-electron chi connectivity index (χ0n) is 13.6. The van der Waals surface area contributed by atoms with E-state index in [0.717, 1.165) is 34.5 Å². The molecule has 1 unspecified atom stereocenters. The maximum Gasteiger partial charge on any atom is 0.131 e. The van der Waals surface area contributed by atoms with Gasteiger partial charge in [-0.2, -0.15) is 5.10 Å². The summed E-state index contributed by atoms with van der Waals surface area (Å²) in [7, 11) is 1.91. The van der Waals surface area contributed by atoms with Crippen LogP contribution in [-0.2, 0) is 7.05 Å². The fraction of sp³-hybridized carbons (Fsp3) is 0.412. The van der Waals surface area contributed by atoms with Crippen molar-refractivity contribution >= 4 is 22.2 Å². The molecule has 0 amide bonds. The summed E-state index contributed by atoms with van der Waals surface area (Å²) in [6.45, 7) is 2.83. The first kappa shape index (κ1) is 15.6. The maximum atomic E-state index is 9.67. The predicted molar refractivity (Wildman–Crippen MR) is 94.0 cm³/mol. The van der Waals surface area contributed by atoms with E-state index in [-0.39, 0.29) is 12.0 Å². The first-order chi connectivity index (χ1) is 11.6. The summed E-state index contributed by atoms with van der Waals surface area (Å²) in [5.74, 6) is 1.10. The molecule has 2 N–H and O–H groups in total. The third kappa shape index (κ3) is 2.90. The Balaban J connectivity index is 1.70. The van der Waals surface area contributed by atoms with Crippen molar-refractivity contribution in [3.05, 3.63) is 29.2 Å². The molecule has 1 aliphatic heterocycles. The van der Waals surface area contributed by atoms with Crippen molar-refractivity contribution in [1.29, 1.82) is 0 Å². The molecular weight excluding hydrogens is 324 g/mol. The molecule has 3 heterocycles. The van der Waals surface area contributed by atoms with Gasteiger partial charge in [0.2, 0.25) is 0 Å². The molecule has 6 nitrogen and oxygen atoms in total. The van der Waals surface area contributed by atoms with Gasteiger partial charge in [-0.15, -0.1) is 11.3 Å². The number of aryl methyl sites for hydroxylation is 1. The van der Waals surface area contributed by atoms with E-state index in [0.29, 0.717) is 6.42 Å². The number of aromatic nitrogens is 3. The number of ether oxygens (including phenoxy) is 1. The quantitative estimate of drug-likeness (QED) is 0.760. The summed E-state index contributed by atoms with van der Waals surface area (Å²) in [5.41, 5.74) is 4.67. The first-order valence-electron chi connectivity index (χ1n) is 8.04. The summed E-state index contributed by atoms with van der Waals surface area (Å²) >= 11 is 1.57. The maximum absolute atomic E-state index is 9.67. The Labute approximate surface area is 144 Å². The Bertz CT molecular complexity index is 846. The highest BCUT2D eigenvalue weighted by Gasteiger charge is 2.28. The molecule has 2 aromatic heterocycles. The summed E-state index contributed by atoms with van der Waals surface area (Å²) in [6.07, 6.45) is 2.26. The van der Waals surface area contributed by atoms with E-state index in [1.54, 1.807) is 16.0 Å². The topological polar surface area (TPSA) is 72.2 Å². The minimum absolute atomic E-state index is 0.00346. The van der Waals surface area contributed by atoms with Crippen molar-refractivity contribution in [3.63, 3.8) is 0 Å². The molecule has 3 aromatic rings.